The predicted molar refractivity (Wildman–Crippen MR) is 99.6 cm³/mol. The number of carbonyl (C=O) groups is 1. The van der Waals surface area contributed by atoms with Gasteiger partial charge in [0, 0.05) is 41.8 Å². The van der Waals surface area contributed by atoms with Crippen LogP contribution in [-0.2, 0) is 4.79 Å². The van der Waals surface area contributed by atoms with Crippen molar-refractivity contribution >= 4 is 33.1 Å². The third kappa shape index (κ3) is 3.41. The van der Waals surface area contributed by atoms with Gasteiger partial charge >= 0.3 is 0 Å². The van der Waals surface area contributed by atoms with Gasteiger partial charge in [-0.3, -0.25) is 4.79 Å². The molecule has 0 unspecified atom stereocenters. The number of amides is 1. The van der Waals surface area contributed by atoms with Gasteiger partial charge in [0.25, 0.3) is 0 Å². The van der Waals surface area contributed by atoms with Crippen LogP contribution in [0, 0.1) is 5.92 Å². The molecule has 24 heavy (non-hydrogen) atoms. The quantitative estimate of drug-likeness (QED) is 0.914. The van der Waals surface area contributed by atoms with E-state index in [4.69, 9.17) is 0 Å². The van der Waals surface area contributed by atoms with Crippen LogP contribution in [0.3, 0.4) is 0 Å². The predicted octanol–water partition coefficient (Wildman–Crippen LogP) is 3.96. The molecular weight excluding hydrogens is 318 g/mol. The summed E-state index contributed by atoms with van der Waals surface area (Å²) in [4.78, 5) is 19.2. The molecule has 1 saturated heterocycles. The molecule has 1 N–H and O–H groups in total. The molecule has 0 aromatic carbocycles. The molecule has 0 spiro atoms. The third-order valence-corrected chi connectivity index (χ3v) is 6.35. The number of hydrogen-bond donors (Lipinski definition) is 1. The van der Waals surface area contributed by atoms with E-state index >= 15 is 0 Å². The molecule has 2 aromatic rings. The van der Waals surface area contributed by atoms with Crippen molar-refractivity contribution in [2.24, 2.45) is 5.92 Å². The van der Waals surface area contributed by atoms with Crippen molar-refractivity contribution in [2.75, 3.05) is 18.0 Å². The number of pyridine rings is 1. The standard InChI is InChI=1S/C19H25N3OS/c23-18(21-15-3-1-2-4-15)13-14-6-10-22(11-7-14)19-16-8-12-24-17(16)5-9-20-19/h5,8-9,12,14-15H,1-4,6-7,10-11,13H2,(H,21,23). The van der Waals surface area contributed by atoms with Crippen molar-refractivity contribution in [3.05, 3.63) is 23.7 Å². The van der Waals surface area contributed by atoms with Crippen LogP contribution in [0.25, 0.3) is 10.1 Å². The molecular formula is C19H25N3OS. The molecule has 2 aromatic heterocycles. The second-order valence-electron chi connectivity index (χ2n) is 7.15. The molecule has 2 aliphatic rings. The average Bonchev–Trinajstić information content (AvgIpc) is 3.26. The summed E-state index contributed by atoms with van der Waals surface area (Å²) in [5.41, 5.74) is 0. The summed E-state index contributed by atoms with van der Waals surface area (Å²) < 4.78 is 1.30. The fourth-order valence-corrected chi connectivity index (χ4v) is 4.88. The number of nitrogens with one attached hydrogen (secondary N) is 1. The molecule has 1 aliphatic heterocycles. The molecule has 4 rings (SSSR count). The van der Waals surface area contributed by atoms with Crippen molar-refractivity contribution in [3.63, 3.8) is 0 Å². The molecule has 0 bridgehead atoms. The van der Waals surface area contributed by atoms with Gasteiger partial charge in [-0.1, -0.05) is 12.8 Å². The highest BCUT2D eigenvalue weighted by molar-refractivity contribution is 7.17. The second-order valence-corrected chi connectivity index (χ2v) is 8.10. The minimum Gasteiger partial charge on any atom is -0.356 e. The number of thiophene rings is 1. The van der Waals surface area contributed by atoms with Crippen LogP contribution in [0.1, 0.15) is 44.9 Å². The molecule has 1 saturated carbocycles. The van der Waals surface area contributed by atoms with Gasteiger partial charge in [-0.2, -0.15) is 0 Å². The maximum absolute atomic E-state index is 12.2. The van der Waals surface area contributed by atoms with Gasteiger partial charge in [-0.05, 0) is 49.1 Å². The Labute approximate surface area is 147 Å². The molecule has 0 radical (unpaired) electrons. The van der Waals surface area contributed by atoms with Gasteiger partial charge in [0.05, 0.1) is 0 Å². The van der Waals surface area contributed by atoms with Crippen molar-refractivity contribution in [1.82, 2.24) is 10.3 Å². The normalized spacial score (nSPS) is 19.9. The van der Waals surface area contributed by atoms with Crippen LogP contribution in [0.5, 0.6) is 0 Å². The first-order valence-corrected chi connectivity index (χ1v) is 10.0. The smallest absolute Gasteiger partial charge is 0.220 e. The Balaban J connectivity index is 1.31. The Kier molecular flexibility index (Phi) is 4.69. The Morgan fingerprint density at radius 1 is 1.21 bits per heavy atom. The molecule has 0 atom stereocenters. The van der Waals surface area contributed by atoms with Gasteiger partial charge in [-0.25, -0.2) is 4.98 Å². The maximum Gasteiger partial charge on any atom is 0.220 e. The number of piperidine rings is 1. The van der Waals surface area contributed by atoms with Crippen LogP contribution < -0.4 is 10.2 Å². The average molecular weight is 343 g/mol. The summed E-state index contributed by atoms with van der Waals surface area (Å²) >= 11 is 1.77. The lowest BCUT2D eigenvalue weighted by Gasteiger charge is -2.33. The largest absolute Gasteiger partial charge is 0.356 e. The zero-order valence-corrected chi connectivity index (χ0v) is 14.9. The lowest BCUT2D eigenvalue weighted by molar-refractivity contribution is -0.122. The van der Waals surface area contributed by atoms with Gasteiger partial charge in [-0.15, -0.1) is 11.3 Å². The van der Waals surface area contributed by atoms with E-state index in [1.165, 1.54) is 35.8 Å². The zero-order chi connectivity index (χ0) is 16.4. The topological polar surface area (TPSA) is 45.2 Å². The fourth-order valence-electron chi connectivity index (χ4n) is 4.10. The van der Waals surface area contributed by atoms with E-state index < -0.39 is 0 Å². The number of aromatic nitrogens is 1. The fraction of sp³-hybridized carbons (Fsp3) is 0.579. The van der Waals surface area contributed by atoms with E-state index in [0.717, 1.165) is 31.7 Å². The van der Waals surface area contributed by atoms with E-state index in [9.17, 15) is 4.79 Å². The third-order valence-electron chi connectivity index (χ3n) is 5.47. The Morgan fingerprint density at radius 2 is 2.00 bits per heavy atom. The van der Waals surface area contributed by atoms with Crippen molar-refractivity contribution in [2.45, 2.75) is 51.0 Å². The molecule has 5 heteroatoms. The van der Waals surface area contributed by atoms with E-state index in [2.05, 4.69) is 32.7 Å². The molecule has 1 aliphatic carbocycles. The summed E-state index contributed by atoms with van der Waals surface area (Å²) in [5.74, 6) is 1.89. The minimum absolute atomic E-state index is 0.262. The van der Waals surface area contributed by atoms with Crippen molar-refractivity contribution in [3.8, 4) is 0 Å². The second kappa shape index (κ2) is 7.09. The first-order chi connectivity index (χ1) is 11.8. The number of anilines is 1. The molecule has 3 heterocycles. The molecule has 4 nitrogen and oxygen atoms in total. The van der Waals surface area contributed by atoms with E-state index in [1.807, 2.05) is 6.20 Å². The zero-order valence-electron chi connectivity index (χ0n) is 14.0. The SMILES string of the molecule is O=C(CC1CCN(c2nccc3sccc23)CC1)NC1CCCC1. The first kappa shape index (κ1) is 15.9. The van der Waals surface area contributed by atoms with E-state index in [-0.39, 0.29) is 5.91 Å². The summed E-state index contributed by atoms with van der Waals surface area (Å²) in [6.07, 6.45) is 9.65. The highest BCUT2D eigenvalue weighted by Gasteiger charge is 2.25. The maximum atomic E-state index is 12.2. The van der Waals surface area contributed by atoms with Gasteiger partial charge < -0.3 is 10.2 Å². The number of carbonyl (C=O) groups excluding carboxylic acids is 1. The highest BCUT2D eigenvalue weighted by Crippen LogP contribution is 2.31. The number of rotatable bonds is 4. The van der Waals surface area contributed by atoms with Crippen LogP contribution in [0.15, 0.2) is 23.7 Å². The Bertz CT molecular complexity index is 699. The van der Waals surface area contributed by atoms with Crippen LogP contribution >= 0.6 is 11.3 Å². The number of hydrogen-bond acceptors (Lipinski definition) is 4. The van der Waals surface area contributed by atoms with Crippen LogP contribution in [-0.4, -0.2) is 30.0 Å². The number of nitrogens with zero attached hydrogens (tertiary/aromatic N) is 2. The summed E-state index contributed by atoms with van der Waals surface area (Å²) in [6, 6.07) is 4.70. The van der Waals surface area contributed by atoms with Gasteiger partial charge in [0.15, 0.2) is 0 Å². The lowest BCUT2D eigenvalue weighted by Crippen LogP contribution is -2.38. The minimum atomic E-state index is 0.262. The van der Waals surface area contributed by atoms with Crippen molar-refractivity contribution in [1.29, 1.82) is 0 Å². The van der Waals surface area contributed by atoms with Crippen LogP contribution in [0.2, 0.25) is 0 Å². The molecule has 2 fully saturated rings. The summed E-state index contributed by atoms with van der Waals surface area (Å²) in [5, 5.41) is 6.62. The highest BCUT2D eigenvalue weighted by atomic mass is 32.1. The van der Waals surface area contributed by atoms with E-state index in [0.29, 0.717) is 18.4 Å². The molecule has 128 valence electrons. The lowest BCUT2D eigenvalue weighted by atomic mass is 9.93. The Hall–Kier alpha value is -1.62. The van der Waals surface area contributed by atoms with Gasteiger partial charge in [0.2, 0.25) is 5.91 Å². The van der Waals surface area contributed by atoms with Gasteiger partial charge in [0.1, 0.15) is 5.82 Å². The summed E-state index contributed by atoms with van der Waals surface area (Å²) in [7, 11) is 0. The van der Waals surface area contributed by atoms with Crippen molar-refractivity contribution < 1.29 is 4.79 Å². The molecule has 1 amide bonds. The summed E-state index contributed by atoms with van der Waals surface area (Å²) in [6.45, 7) is 2.01. The Morgan fingerprint density at radius 3 is 2.79 bits per heavy atom. The number of fused-ring (bicyclic) bond motifs is 1. The monoisotopic (exact) mass is 343 g/mol. The van der Waals surface area contributed by atoms with Crippen LogP contribution in [0.4, 0.5) is 5.82 Å². The van der Waals surface area contributed by atoms with E-state index in [1.54, 1.807) is 11.3 Å². The first-order valence-electron chi connectivity index (χ1n) is 9.16.